The summed E-state index contributed by atoms with van der Waals surface area (Å²) in [4.78, 5) is 4.06. The summed E-state index contributed by atoms with van der Waals surface area (Å²) >= 11 is 0. The molecule has 2 N–H and O–H groups in total. The second-order valence-electron chi connectivity index (χ2n) is 2.67. The predicted octanol–water partition coefficient (Wildman–Crippen LogP) is 0.990. The molecule has 0 unspecified atom stereocenters. The van der Waals surface area contributed by atoms with Gasteiger partial charge in [-0.25, -0.2) is 4.98 Å². The molecule has 0 saturated carbocycles. The van der Waals surface area contributed by atoms with Gasteiger partial charge in [0.25, 0.3) is 5.71 Å². The lowest BCUT2D eigenvalue weighted by molar-refractivity contribution is 0.443. The van der Waals surface area contributed by atoms with Crippen molar-refractivity contribution in [1.29, 1.82) is 0 Å². The van der Waals surface area contributed by atoms with Gasteiger partial charge in [0.1, 0.15) is 0 Å². The molecule has 0 fully saturated rings. The predicted molar refractivity (Wildman–Crippen MR) is 44.4 cm³/mol. The lowest BCUT2D eigenvalue weighted by atomic mass is 10.2. The molecule has 0 radical (unpaired) electrons. The minimum Gasteiger partial charge on any atom is -0.336 e. The van der Waals surface area contributed by atoms with Crippen LogP contribution in [0.3, 0.4) is 0 Å². The van der Waals surface area contributed by atoms with E-state index in [0.29, 0.717) is 12.3 Å². The fraction of sp³-hybridized carbons (Fsp3) is 0.250. The van der Waals surface area contributed by atoms with Crippen molar-refractivity contribution in [2.75, 3.05) is 0 Å². The largest absolute Gasteiger partial charge is 0.336 e. The van der Waals surface area contributed by atoms with Crippen LogP contribution in [0.4, 0.5) is 0 Å². The van der Waals surface area contributed by atoms with Gasteiger partial charge in [0.15, 0.2) is 0 Å². The van der Waals surface area contributed by atoms with Crippen LogP contribution in [0.25, 0.3) is 11.1 Å². The molecule has 0 aromatic carbocycles. The second-order valence-corrected chi connectivity index (χ2v) is 2.67. The number of aryl methyl sites for hydroxylation is 1. The Labute approximate surface area is 69.4 Å². The van der Waals surface area contributed by atoms with E-state index in [1.165, 1.54) is 0 Å². The Hall–Kier alpha value is -1.42. The summed E-state index contributed by atoms with van der Waals surface area (Å²) in [5.74, 6) is 0. The molecule has 2 rings (SSSR count). The van der Waals surface area contributed by atoms with Crippen LogP contribution in [0.5, 0.6) is 0 Å². The SMILES string of the molecule is Cc1noc2ncc(CN)cc12. The van der Waals surface area contributed by atoms with Crippen LogP contribution >= 0.6 is 0 Å². The van der Waals surface area contributed by atoms with Gasteiger partial charge in [-0.1, -0.05) is 5.16 Å². The lowest BCUT2D eigenvalue weighted by Gasteiger charge is -1.93. The summed E-state index contributed by atoms with van der Waals surface area (Å²) in [6.07, 6.45) is 1.70. The molecule has 0 bridgehead atoms. The van der Waals surface area contributed by atoms with E-state index in [4.69, 9.17) is 10.3 Å². The summed E-state index contributed by atoms with van der Waals surface area (Å²) in [6, 6.07) is 1.95. The number of fused-ring (bicyclic) bond motifs is 1. The van der Waals surface area contributed by atoms with E-state index in [2.05, 4.69) is 10.1 Å². The van der Waals surface area contributed by atoms with Gasteiger partial charge in [-0.15, -0.1) is 0 Å². The first-order chi connectivity index (χ1) is 5.81. The van der Waals surface area contributed by atoms with Crippen LogP contribution in [0.2, 0.25) is 0 Å². The van der Waals surface area contributed by atoms with Crippen molar-refractivity contribution < 1.29 is 4.52 Å². The maximum absolute atomic E-state index is 5.47. The van der Waals surface area contributed by atoms with Gasteiger partial charge in [0.2, 0.25) is 0 Å². The molecule has 2 aromatic rings. The van der Waals surface area contributed by atoms with Crippen molar-refractivity contribution in [1.82, 2.24) is 10.1 Å². The van der Waals surface area contributed by atoms with Gasteiger partial charge in [-0.3, -0.25) is 0 Å². The number of nitrogens with zero attached hydrogens (tertiary/aromatic N) is 2. The Morgan fingerprint density at radius 3 is 3.17 bits per heavy atom. The van der Waals surface area contributed by atoms with Gasteiger partial charge in [0.05, 0.1) is 11.1 Å². The van der Waals surface area contributed by atoms with Gasteiger partial charge in [-0.05, 0) is 18.6 Å². The average Bonchev–Trinajstić information content (AvgIpc) is 2.47. The zero-order valence-electron chi connectivity index (χ0n) is 6.74. The molecular weight excluding hydrogens is 154 g/mol. The molecule has 0 spiro atoms. The molecule has 0 saturated heterocycles. The highest BCUT2D eigenvalue weighted by atomic mass is 16.5. The fourth-order valence-corrected chi connectivity index (χ4v) is 1.10. The first kappa shape index (κ1) is 7.24. The molecule has 4 heteroatoms. The fourth-order valence-electron chi connectivity index (χ4n) is 1.10. The Balaban J connectivity index is 2.71. The molecule has 0 amide bonds. The average molecular weight is 163 g/mol. The maximum Gasteiger partial charge on any atom is 0.257 e. The van der Waals surface area contributed by atoms with Crippen molar-refractivity contribution in [3.63, 3.8) is 0 Å². The van der Waals surface area contributed by atoms with E-state index in [1.807, 2.05) is 13.0 Å². The van der Waals surface area contributed by atoms with Crippen molar-refractivity contribution in [3.8, 4) is 0 Å². The van der Waals surface area contributed by atoms with E-state index in [9.17, 15) is 0 Å². The van der Waals surface area contributed by atoms with Crippen LogP contribution < -0.4 is 5.73 Å². The number of hydrogen-bond donors (Lipinski definition) is 1. The van der Waals surface area contributed by atoms with Gasteiger partial charge < -0.3 is 10.3 Å². The van der Waals surface area contributed by atoms with Crippen molar-refractivity contribution in [3.05, 3.63) is 23.5 Å². The summed E-state index contributed by atoms with van der Waals surface area (Å²) in [6.45, 7) is 2.38. The number of aromatic nitrogens is 2. The topological polar surface area (TPSA) is 64.9 Å². The van der Waals surface area contributed by atoms with Crippen molar-refractivity contribution in [2.24, 2.45) is 5.73 Å². The third-order valence-corrected chi connectivity index (χ3v) is 1.80. The molecule has 2 heterocycles. The summed E-state index contributed by atoms with van der Waals surface area (Å²) in [7, 11) is 0. The van der Waals surface area contributed by atoms with Gasteiger partial charge in [-0.2, -0.15) is 0 Å². The quantitative estimate of drug-likeness (QED) is 0.680. The first-order valence-electron chi connectivity index (χ1n) is 3.72. The van der Waals surface area contributed by atoms with E-state index in [1.54, 1.807) is 6.20 Å². The molecule has 0 aliphatic heterocycles. The maximum atomic E-state index is 5.47. The molecule has 0 aliphatic carbocycles. The first-order valence-corrected chi connectivity index (χ1v) is 3.72. The molecule has 0 aliphatic rings. The second kappa shape index (κ2) is 2.57. The van der Waals surface area contributed by atoms with E-state index in [0.717, 1.165) is 16.6 Å². The van der Waals surface area contributed by atoms with Crippen LogP contribution in [-0.4, -0.2) is 10.1 Å². The zero-order chi connectivity index (χ0) is 8.55. The Bertz CT molecular complexity index is 408. The van der Waals surface area contributed by atoms with Gasteiger partial charge >= 0.3 is 0 Å². The molecule has 62 valence electrons. The van der Waals surface area contributed by atoms with Crippen molar-refractivity contribution >= 4 is 11.1 Å². The zero-order valence-corrected chi connectivity index (χ0v) is 6.74. The Morgan fingerprint density at radius 2 is 2.42 bits per heavy atom. The summed E-state index contributed by atoms with van der Waals surface area (Å²) in [5, 5.41) is 4.74. The number of nitrogens with two attached hydrogens (primary N) is 1. The third-order valence-electron chi connectivity index (χ3n) is 1.80. The normalized spacial score (nSPS) is 10.8. The van der Waals surface area contributed by atoms with Crippen LogP contribution in [-0.2, 0) is 6.54 Å². The molecule has 2 aromatic heterocycles. The smallest absolute Gasteiger partial charge is 0.257 e. The third kappa shape index (κ3) is 0.967. The highest BCUT2D eigenvalue weighted by Crippen LogP contribution is 2.15. The number of pyridine rings is 1. The van der Waals surface area contributed by atoms with E-state index < -0.39 is 0 Å². The number of rotatable bonds is 1. The molecule has 4 nitrogen and oxygen atoms in total. The lowest BCUT2D eigenvalue weighted by Crippen LogP contribution is -1.96. The molecule has 12 heavy (non-hydrogen) atoms. The highest BCUT2D eigenvalue weighted by Gasteiger charge is 2.04. The van der Waals surface area contributed by atoms with Gasteiger partial charge in [0, 0.05) is 12.7 Å². The molecule has 0 atom stereocenters. The Morgan fingerprint density at radius 1 is 1.58 bits per heavy atom. The summed E-state index contributed by atoms with van der Waals surface area (Å²) < 4.78 is 4.95. The number of hydrogen-bond acceptors (Lipinski definition) is 4. The highest BCUT2D eigenvalue weighted by molar-refractivity contribution is 5.75. The minimum atomic E-state index is 0.494. The molecular formula is C8H9N3O. The standard InChI is InChI=1S/C8H9N3O/c1-5-7-2-6(3-9)4-10-8(7)12-11-5/h2,4H,3,9H2,1H3. The monoisotopic (exact) mass is 163 g/mol. The van der Waals surface area contributed by atoms with Crippen molar-refractivity contribution in [2.45, 2.75) is 13.5 Å². The summed E-state index contributed by atoms with van der Waals surface area (Å²) in [5.41, 5.74) is 7.89. The van der Waals surface area contributed by atoms with E-state index in [-0.39, 0.29) is 0 Å². The minimum absolute atomic E-state index is 0.494. The van der Waals surface area contributed by atoms with E-state index >= 15 is 0 Å². The Kier molecular flexibility index (Phi) is 1.55. The van der Waals surface area contributed by atoms with Crippen LogP contribution in [0, 0.1) is 6.92 Å². The van der Waals surface area contributed by atoms with Crippen LogP contribution in [0.1, 0.15) is 11.3 Å². The van der Waals surface area contributed by atoms with Crippen LogP contribution in [0.15, 0.2) is 16.8 Å².